The summed E-state index contributed by atoms with van der Waals surface area (Å²) in [6.45, 7) is 0. The van der Waals surface area contributed by atoms with Gasteiger partial charge in [-0.25, -0.2) is 0 Å². The normalized spacial score (nSPS) is 10.3. The van der Waals surface area contributed by atoms with E-state index in [2.05, 4.69) is 46.1 Å². The SMILES string of the molecule is C#CCSc1ccccc1/C=C\CBr. The van der Waals surface area contributed by atoms with Gasteiger partial charge >= 0.3 is 0 Å². The summed E-state index contributed by atoms with van der Waals surface area (Å²) in [5, 5.41) is 0.876. The second-order valence-corrected chi connectivity index (χ2v) is 4.25. The zero-order valence-corrected chi connectivity index (χ0v) is 10.1. The van der Waals surface area contributed by atoms with Crippen LogP contribution in [0.2, 0.25) is 0 Å². The van der Waals surface area contributed by atoms with E-state index in [9.17, 15) is 0 Å². The topological polar surface area (TPSA) is 0 Å². The summed E-state index contributed by atoms with van der Waals surface area (Å²) in [5.41, 5.74) is 1.23. The van der Waals surface area contributed by atoms with E-state index in [1.54, 1.807) is 11.8 Å². The van der Waals surface area contributed by atoms with E-state index in [-0.39, 0.29) is 0 Å². The van der Waals surface area contributed by atoms with Crippen LogP contribution in [0.5, 0.6) is 0 Å². The summed E-state index contributed by atoms with van der Waals surface area (Å²) in [6, 6.07) is 8.26. The Morgan fingerprint density at radius 2 is 2.21 bits per heavy atom. The lowest BCUT2D eigenvalue weighted by molar-refractivity contribution is 1.42. The number of benzene rings is 1. The molecule has 0 aliphatic rings. The predicted octanol–water partition coefficient (Wildman–Crippen LogP) is 3.82. The van der Waals surface area contributed by atoms with Crippen molar-refractivity contribution in [1.29, 1.82) is 0 Å². The lowest BCUT2D eigenvalue weighted by Gasteiger charge is -2.02. The number of hydrogen-bond acceptors (Lipinski definition) is 1. The van der Waals surface area contributed by atoms with Gasteiger partial charge < -0.3 is 0 Å². The number of hydrogen-bond donors (Lipinski definition) is 0. The van der Waals surface area contributed by atoms with Gasteiger partial charge in [-0.15, -0.1) is 18.2 Å². The van der Waals surface area contributed by atoms with Crippen molar-refractivity contribution in [3.8, 4) is 12.3 Å². The van der Waals surface area contributed by atoms with Gasteiger partial charge in [-0.1, -0.05) is 52.2 Å². The molecular formula is C12H11BrS. The van der Waals surface area contributed by atoms with Crippen LogP contribution in [0.4, 0.5) is 0 Å². The maximum Gasteiger partial charge on any atom is 0.0592 e. The van der Waals surface area contributed by atoms with E-state index in [4.69, 9.17) is 6.42 Å². The summed E-state index contributed by atoms with van der Waals surface area (Å²) in [7, 11) is 0. The average Bonchev–Trinajstić information content (AvgIpc) is 2.24. The molecule has 0 saturated carbocycles. The minimum atomic E-state index is 0.721. The number of terminal acetylenes is 1. The summed E-state index contributed by atoms with van der Waals surface area (Å²) >= 11 is 5.05. The molecule has 0 nitrogen and oxygen atoms in total. The van der Waals surface area contributed by atoms with E-state index in [0.717, 1.165) is 11.1 Å². The van der Waals surface area contributed by atoms with Crippen LogP contribution < -0.4 is 0 Å². The van der Waals surface area contributed by atoms with Crippen molar-refractivity contribution < 1.29 is 0 Å². The maximum atomic E-state index is 5.23. The van der Waals surface area contributed by atoms with Crippen LogP contribution >= 0.6 is 27.7 Å². The molecule has 14 heavy (non-hydrogen) atoms. The molecule has 0 N–H and O–H groups in total. The summed E-state index contributed by atoms with van der Waals surface area (Å²) in [5.74, 6) is 3.35. The van der Waals surface area contributed by atoms with Crippen molar-refractivity contribution in [2.75, 3.05) is 11.1 Å². The number of alkyl halides is 1. The Kier molecular flexibility index (Phi) is 5.51. The second-order valence-electron chi connectivity index (χ2n) is 2.59. The van der Waals surface area contributed by atoms with E-state index in [1.807, 2.05) is 12.1 Å². The molecule has 0 aliphatic carbocycles. The molecule has 0 bridgehead atoms. The van der Waals surface area contributed by atoms with Gasteiger partial charge in [0.25, 0.3) is 0 Å². The zero-order chi connectivity index (χ0) is 10.2. The molecule has 0 fully saturated rings. The lowest BCUT2D eigenvalue weighted by Crippen LogP contribution is -1.80. The molecule has 1 rings (SSSR count). The number of allylic oxidation sites excluding steroid dienone is 1. The average molecular weight is 267 g/mol. The molecule has 0 aromatic heterocycles. The Labute approximate surface area is 97.9 Å². The van der Waals surface area contributed by atoms with Gasteiger partial charge in [0.05, 0.1) is 5.75 Å². The monoisotopic (exact) mass is 266 g/mol. The minimum absolute atomic E-state index is 0.721. The van der Waals surface area contributed by atoms with Crippen molar-refractivity contribution in [3.05, 3.63) is 35.9 Å². The standard InChI is InChI=1S/C12H11BrS/c1-2-10-14-12-8-4-3-6-11(12)7-5-9-13/h1,3-8H,9-10H2/b7-5-. The van der Waals surface area contributed by atoms with Crippen LogP contribution in [0.1, 0.15) is 5.56 Å². The van der Waals surface area contributed by atoms with Crippen molar-refractivity contribution >= 4 is 33.8 Å². The molecule has 2 heteroatoms. The van der Waals surface area contributed by atoms with E-state index >= 15 is 0 Å². The Morgan fingerprint density at radius 3 is 2.93 bits per heavy atom. The van der Waals surface area contributed by atoms with Crippen LogP contribution in [0, 0.1) is 12.3 Å². The van der Waals surface area contributed by atoms with Crippen LogP contribution in [0.15, 0.2) is 35.2 Å². The van der Waals surface area contributed by atoms with Crippen molar-refractivity contribution in [1.82, 2.24) is 0 Å². The summed E-state index contributed by atoms with van der Waals surface area (Å²) in [6.07, 6.45) is 9.41. The van der Waals surface area contributed by atoms with Crippen molar-refractivity contribution in [3.63, 3.8) is 0 Å². The highest BCUT2D eigenvalue weighted by Crippen LogP contribution is 2.23. The Hall–Kier alpha value is -0.650. The first-order valence-corrected chi connectivity index (χ1v) is 6.37. The highest BCUT2D eigenvalue weighted by atomic mass is 79.9. The zero-order valence-electron chi connectivity index (χ0n) is 7.74. The molecule has 0 unspecified atom stereocenters. The predicted molar refractivity (Wildman–Crippen MR) is 68.8 cm³/mol. The summed E-state index contributed by atoms with van der Waals surface area (Å²) in [4.78, 5) is 1.24. The van der Waals surface area contributed by atoms with Crippen LogP contribution in [-0.2, 0) is 0 Å². The van der Waals surface area contributed by atoms with Crippen LogP contribution in [-0.4, -0.2) is 11.1 Å². The van der Waals surface area contributed by atoms with Crippen molar-refractivity contribution in [2.45, 2.75) is 4.90 Å². The van der Waals surface area contributed by atoms with Gasteiger partial charge in [-0.05, 0) is 11.6 Å². The molecule has 0 heterocycles. The van der Waals surface area contributed by atoms with E-state index < -0.39 is 0 Å². The largest absolute Gasteiger partial charge is 0.119 e. The molecule has 0 spiro atoms. The fraction of sp³-hybridized carbons (Fsp3) is 0.167. The van der Waals surface area contributed by atoms with Gasteiger partial charge in [0.1, 0.15) is 0 Å². The third kappa shape index (κ3) is 3.61. The Balaban J connectivity index is 2.81. The van der Waals surface area contributed by atoms with Gasteiger partial charge in [-0.2, -0.15) is 0 Å². The van der Waals surface area contributed by atoms with E-state index in [0.29, 0.717) is 0 Å². The molecular weight excluding hydrogens is 256 g/mol. The van der Waals surface area contributed by atoms with Crippen LogP contribution in [0.3, 0.4) is 0 Å². The smallest absolute Gasteiger partial charge is 0.0592 e. The number of thioether (sulfide) groups is 1. The molecule has 72 valence electrons. The van der Waals surface area contributed by atoms with Gasteiger partial charge in [0.15, 0.2) is 0 Å². The minimum Gasteiger partial charge on any atom is -0.119 e. The van der Waals surface area contributed by atoms with E-state index in [1.165, 1.54) is 10.5 Å². The Morgan fingerprint density at radius 1 is 1.43 bits per heavy atom. The second kappa shape index (κ2) is 6.75. The van der Waals surface area contributed by atoms with Gasteiger partial charge in [0, 0.05) is 10.2 Å². The quantitative estimate of drug-likeness (QED) is 0.454. The first kappa shape index (κ1) is 11.4. The molecule has 1 aromatic rings. The fourth-order valence-corrected chi connectivity index (χ4v) is 1.94. The molecule has 1 aromatic carbocycles. The fourth-order valence-electron chi connectivity index (χ4n) is 1.04. The summed E-state index contributed by atoms with van der Waals surface area (Å²) < 4.78 is 0. The third-order valence-electron chi connectivity index (χ3n) is 1.62. The first-order valence-electron chi connectivity index (χ1n) is 4.26. The molecule has 0 saturated heterocycles. The Bertz CT molecular complexity index is 350. The number of rotatable bonds is 4. The highest BCUT2D eigenvalue weighted by molar-refractivity contribution is 9.09. The molecule has 0 atom stereocenters. The molecule has 0 amide bonds. The highest BCUT2D eigenvalue weighted by Gasteiger charge is 1.97. The lowest BCUT2D eigenvalue weighted by atomic mass is 10.2. The maximum absolute atomic E-state index is 5.23. The van der Waals surface area contributed by atoms with Crippen LogP contribution in [0.25, 0.3) is 6.08 Å². The van der Waals surface area contributed by atoms with Gasteiger partial charge in [-0.3, -0.25) is 0 Å². The van der Waals surface area contributed by atoms with Gasteiger partial charge in [0.2, 0.25) is 0 Å². The van der Waals surface area contributed by atoms with Crippen molar-refractivity contribution in [2.24, 2.45) is 0 Å². The molecule has 0 radical (unpaired) electrons. The third-order valence-corrected chi connectivity index (χ3v) is 2.98. The molecule has 0 aliphatic heterocycles. The first-order chi connectivity index (χ1) is 6.88. The number of halogens is 1.